The average Bonchev–Trinajstić information content (AvgIpc) is 2.92. The van der Waals surface area contributed by atoms with Gasteiger partial charge >= 0.3 is 0 Å². The minimum absolute atomic E-state index is 0.129. The Bertz CT molecular complexity index is 2070. The van der Waals surface area contributed by atoms with Crippen molar-refractivity contribution in [2.24, 2.45) is 0 Å². The molecule has 35 heavy (non-hydrogen) atoms. The Hall–Kier alpha value is -4.49. The summed E-state index contributed by atoms with van der Waals surface area (Å²) in [5.41, 5.74) is 9.31. The van der Waals surface area contributed by atoms with Crippen LogP contribution < -0.4 is 0 Å². The number of benzene rings is 7. The molecule has 0 saturated carbocycles. The molecule has 7 aromatic carbocycles. The fourth-order valence-corrected chi connectivity index (χ4v) is 6.95. The molecule has 0 saturated heterocycles. The van der Waals surface area contributed by atoms with Crippen LogP contribution in [0.5, 0.6) is 0 Å². The van der Waals surface area contributed by atoms with Crippen LogP contribution in [-0.2, 0) is 6.42 Å². The van der Waals surface area contributed by atoms with E-state index in [1.807, 2.05) is 18.2 Å². The molecular weight excluding hydrogens is 424 g/mol. The molecule has 0 N–H and O–H groups in total. The maximum atomic E-state index is 13.5. The molecule has 0 heterocycles. The van der Waals surface area contributed by atoms with Crippen LogP contribution in [-0.4, -0.2) is 5.78 Å². The summed E-state index contributed by atoms with van der Waals surface area (Å²) in [5, 5.41) is 10.1. The quantitative estimate of drug-likeness (QED) is 0.170. The van der Waals surface area contributed by atoms with Gasteiger partial charge < -0.3 is 0 Å². The smallest absolute Gasteiger partial charge is 0.194 e. The van der Waals surface area contributed by atoms with Crippen LogP contribution in [0.3, 0.4) is 0 Å². The molecule has 7 aromatic rings. The van der Waals surface area contributed by atoms with Crippen molar-refractivity contribution in [3.8, 4) is 22.3 Å². The van der Waals surface area contributed by atoms with Crippen LogP contribution >= 0.6 is 0 Å². The zero-order valence-electron chi connectivity index (χ0n) is 18.9. The number of hydrogen-bond acceptors (Lipinski definition) is 1. The van der Waals surface area contributed by atoms with Crippen LogP contribution in [0.2, 0.25) is 0 Å². The third-order valence-corrected chi connectivity index (χ3v) is 8.38. The first-order valence-electron chi connectivity index (χ1n) is 12.2. The van der Waals surface area contributed by atoms with E-state index in [1.54, 1.807) is 0 Å². The van der Waals surface area contributed by atoms with Gasteiger partial charge in [-0.1, -0.05) is 91.0 Å². The van der Waals surface area contributed by atoms with Gasteiger partial charge in [0.05, 0.1) is 0 Å². The fraction of sp³-hybridized carbons (Fsp3) is 0.0294. The summed E-state index contributed by atoms with van der Waals surface area (Å²) >= 11 is 0. The van der Waals surface area contributed by atoms with Crippen molar-refractivity contribution in [2.75, 3.05) is 0 Å². The molecule has 0 bridgehead atoms. The van der Waals surface area contributed by atoms with E-state index in [-0.39, 0.29) is 5.78 Å². The van der Waals surface area contributed by atoms with Gasteiger partial charge in [-0.25, -0.2) is 0 Å². The maximum Gasteiger partial charge on any atom is 0.194 e. The third kappa shape index (κ3) is 2.01. The van der Waals surface area contributed by atoms with E-state index in [2.05, 4.69) is 78.9 Å². The summed E-state index contributed by atoms with van der Waals surface area (Å²) in [4.78, 5) is 13.5. The van der Waals surface area contributed by atoms with Crippen LogP contribution in [0.1, 0.15) is 27.0 Å². The number of ketones is 1. The number of carbonyl (C=O) groups is 1. The van der Waals surface area contributed by atoms with Crippen LogP contribution in [0.25, 0.3) is 65.3 Å². The second-order valence-corrected chi connectivity index (χ2v) is 9.96. The lowest BCUT2D eigenvalue weighted by Gasteiger charge is -2.26. The van der Waals surface area contributed by atoms with Crippen molar-refractivity contribution in [3.05, 3.63) is 119 Å². The maximum absolute atomic E-state index is 13.5. The Balaban J connectivity index is 1.52. The van der Waals surface area contributed by atoms with Gasteiger partial charge in [0.2, 0.25) is 0 Å². The molecule has 0 radical (unpaired) electrons. The first-order chi connectivity index (χ1) is 17.3. The van der Waals surface area contributed by atoms with E-state index in [0.29, 0.717) is 0 Å². The lowest BCUT2D eigenvalue weighted by Crippen LogP contribution is -2.10. The van der Waals surface area contributed by atoms with Crippen molar-refractivity contribution >= 4 is 48.9 Å². The minimum atomic E-state index is 0.129. The molecule has 0 fully saturated rings. The van der Waals surface area contributed by atoms with E-state index in [1.165, 1.54) is 65.5 Å². The zero-order chi connectivity index (χ0) is 22.8. The standard InChI is InChI=1S/C34H18O/c35-34-28-8-4-3-7-21(28)23-12-14-26-24-10-9-19-17-18-5-1-2-6-20(18)22-11-13-25(31(24)30(19)22)27-15-16-29(34)33(23)32(26)27/h1-16H,17H2. The van der Waals surface area contributed by atoms with E-state index in [9.17, 15) is 4.79 Å². The predicted molar refractivity (Wildman–Crippen MR) is 145 cm³/mol. The highest BCUT2D eigenvalue weighted by Crippen LogP contribution is 2.50. The normalized spacial score (nSPS) is 13.7. The Labute approximate surface area is 201 Å². The van der Waals surface area contributed by atoms with Gasteiger partial charge in [0.15, 0.2) is 5.78 Å². The van der Waals surface area contributed by atoms with Crippen molar-refractivity contribution < 1.29 is 4.79 Å². The third-order valence-electron chi connectivity index (χ3n) is 8.38. The summed E-state index contributed by atoms with van der Waals surface area (Å²) in [5.74, 6) is 0.129. The van der Waals surface area contributed by atoms with Gasteiger partial charge in [0.25, 0.3) is 0 Å². The molecule has 0 amide bonds. The van der Waals surface area contributed by atoms with Gasteiger partial charge in [0, 0.05) is 16.5 Å². The predicted octanol–water partition coefficient (Wildman–Crippen LogP) is 8.52. The highest BCUT2D eigenvalue weighted by atomic mass is 16.1. The van der Waals surface area contributed by atoms with Crippen LogP contribution in [0, 0.1) is 0 Å². The number of carbonyl (C=O) groups excluding carboxylic acids is 1. The Morgan fingerprint density at radius 2 is 0.914 bits per heavy atom. The molecule has 0 atom stereocenters. The van der Waals surface area contributed by atoms with Crippen molar-refractivity contribution in [1.82, 2.24) is 0 Å². The Morgan fingerprint density at radius 1 is 0.371 bits per heavy atom. The minimum Gasteiger partial charge on any atom is -0.289 e. The summed E-state index contributed by atoms with van der Waals surface area (Å²) < 4.78 is 0. The van der Waals surface area contributed by atoms with Gasteiger partial charge in [-0.2, -0.15) is 0 Å². The first-order valence-corrected chi connectivity index (χ1v) is 12.2. The van der Waals surface area contributed by atoms with Crippen LogP contribution in [0.15, 0.2) is 97.1 Å². The van der Waals surface area contributed by atoms with E-state index >= 15 is 0 Å². The van der Waals surface area contributed by atoms with E-state index in [4.69, 9.17) is 0 Å². The summed E-state index contributed by atoms with van der Waals surface area (Å²) in [6.45, 7) is 0. The lowest BCUT2D eigenvalue weighted by atomic mass is 9.77. The number of rotatable bonds is 0. The van der Waals surface area contributed by atoms with Crippen molar-refractivity contribution in [2.45, 2.75) is 6.42 Å². The zero-order valence-corrected chi connectivity index (χ0v) is 18.9. The summed E-state index contributed by atoms with van der Waals surface area (Å²) in [6, 6.07) is 34.8. The molecule has 0 aromatic heterocycles. The first kappa shape index (κ1) is 17.9. The molecule has 160 valence electrons. The van der Waals surface area contributed by atoms with Gasteiger partial charge in [-0.3, -0.25) is 4.79 Å². The summed E-state index contributed by atoms with van der Waals surface area (Å²) in [7, 11) is 0. The average molecular weight is 443 g/mol. The van der Waals surface area contributed by atoms with Crippen molar-refractivity contribution in [1.29, 1.82) is 0 Å². The SMILES string of the molecule is O=C1c2ccccc2-c2ccc3c4ccc5c6c(ccc(c7ccc1c2c73)c64)-c1ccccc1C5. The monoisotopic (exact) mass is 442 g/mol. The van der Waals surface area contributed by atoms with Crippen LogP contribution in [0.4, 0.5) is 0 Å². The lowest BCUT2D eigenvalue weighted by molar-refractivity contribution is 0.104. The fourth-order valence-electron chi connectivity index (χ4n) is 6.95. The molecule has 2 aliphatic rings. The highest BCUT2D eigenvalue weighted by Gasteiger charge is 2.28. The highest BCUT2D eigenvalue weighted by molar-refractivity contribution is 6.39. The molecular formula is C34H18O. The molecule has 0 unspecified atom stereocenters. The number of hydrogen-bond donors (Lipinski definition) is 0. The largest absolute Gasteiger partial charge is 0.289 e. The van der Waals surface area contributed by atoms with Gasteiger partial charge in [0.1, 0.15) is 0 Å². The second kappa shape index (κ2) is 5.95. The summed E-state index contributed by atoms with van der Waals surface area (Å²) in [6.07, 6.45) is 0.967. The molecule has 0 spiro atoms. The molecule has 1 nitrogen and oxygen atoms in total. The Kier molecular flexibility index (Phi) is 3.04. The molecule has 0 aliphatic heterocycles. The molecule has 9 rings (SSSR count). The van der Waals surface area contributed by atoms with E-state index < -0.39 is 0 Å². The second-order valence-electron chi connectivity index (χ2n) is 9.96. The Morgan fingerprint density at radius 3 is 1.66 bits per heavy atom. The topological polar surface area (TPSA) is 17.1 Å². The molecule has 1 heteroatoms. The number of fused-ring (bicyclic) bond motifs is 6. The molecule has 2 aliphatic carbocycles. The van der Waals surface area contributed by atoms with Gasteiger partial charge in [-0.05, 0) is 83.6 Å². The van der Waals surface area contributed by atoms with Gasteiger partial charge in [-0.15, -0.1) is 0 Å². The van der Waals surface area contributed by atoms with E-state index in [0.717, 1.165) is 28.5 Å². The van der Waals surface area contributed by atoms with Crippen molar-refractivity contribution in [3.63, 3.8) is 0 Å².